The average molecular weight is 400 g/mol. The number of nitrogen functional groups attached to an aromatic ring is 1. The first-order valence-corrected chi connectivity index (χ1v) is 9.17. The number of alkyl halides is 4. The monoisotopic (exact) mass is 400 g/mol. The standard InChI is InChI=1S/C17H16F4N4OS/c18-13(19)11-2-3-12(26-11)15-23-14(22)10-6-9(27-16(10)24-15)7-25-5-1-4-17(20,21)8-25/h2-3,6,13H,1,4-5,7-8H2,(H2,22,23,24). The molecule has 1 saturated heterocycles. The smallest absolute Gasteiger partial charge is 0.295 e. The molecule has 0 unspecified atom stereocenters. The topological polar surface area (TPSA) is 68.2 Å². The number of hydrogen-bond acceptors (Lipinski definition) is 6. The second-order valence-electron chi connectivity index (χ2n) is 6.54. The highest BCUT2D eigenvalue weighted by Crippen LogP contribution is 2.34. The number of halogens is 4. The maximum Gasteiger partial charge on any atom is 0.295 e. The van der Waals surface area contributed by atoms with Gasteiger partial charge in [0.2, 0.25) is 0 Å². The van der Waals surface area contributed by atoms with Crippen molar-refractivity contribution in [3.8, 4) is 11.6 Å². The number of nitrogens with zero attached hydrogens (tertiary/aromatic N) is 3. The van der Waals surface area contributed by atoms with E-state index >= 15 is 0 Å². The molecule has 0 spiro atoms. The van der Waals surface area contributed by atoms with Crippen LogP contribution in [-0.4, -0.2) is 33.9 Å². The zero-order valence-electron chi connectivity index (χ0n) is 14.1. The molecule has 4 heterocycles. The fourth-order valence-corrected chi connectivity index (χ4v) is 4.25. The van der Waals surface area contributed by atoms with Crippen LogP contribution in [0.3, 0.4) is 0 Å². The maximum atomic E-state index is 13.6. The van der Waals surface area contributed by atoms with E-state index in [9.17, 15) is 17.6 Å². The highest BCUT2D eigenvalue weighted by molar-refractivity contribution is 7.18. The Bertz CT molecular complexity index is 971. The first-order valence-electron chi connectivity index (χ1n) is 8.35. The second-order valence-corrected chi connectivity index (χ2v) is 7.65. The van der Waals surface area contributed by atoms with Crippen molar-refractivity contribution >= 4 is 27.4 Å². The predicted molar refractivity (Wildman–Crippen MR) is 93.9 cm³/mol. The Kier molecular flexibility index (Phi) is 4.55. The summed E-state index contributed by atoms with van der Waals surface area (Å²) in [6, 6.07) is 4.32. The van der Waals surface area contributed by atoms with Gasteiger partial charge < -0.3 is 10.2 Å². The van der Waals surface area contributed by atoms with Crippen LogP contribution in [0.2, 0.25) is 0 Å². The summed E-state index contributed by atoms with van der Waals surface area (Å²) in [6.45, 7) is 0.719. The Morgan fingerprint density at radius 3 is 2.81 bits per heavy atom. The van der Waals surface area contributed by atoms with E-state index in [0.29, 0.717) is 29.7 Å². The van der Waals surface area contributed by atoms with Crippen LogP contribution in [0.4, 0.5) is 23.4 Å². The minimum absolute atomic E-state index is 0.0819. The van der Waals surface area contributed by atoms with E-state index in [2.05, 4.69) is 9.97 Å². The molecule has 0 bridgehead atoms. The fourth-order valence-electron chi connectivity index (χ4n) is 3.17. The molecule has 0 aromatic carbocycles. The van der Waals surface area contributed by atoms with E-state index < -0.39 is 18.1 Å². The lowest BCUT2D eigenvalue weighted by Gasteiger charge is -2.31. The highest BCUT2D eigenvalue weighted by Gasteiger charge is 2.35. The lowest BCUT2D eigenvalue weighted by Crippen LogP contribution is -2.41. The lowest BCUT2D eigenvalue weighted by atomic mass is 10.1. The van der Waals surface area contributed by atoms with E-state index in [4.69, 9.17) is 10.2 Å². The second kappa shape index (κ2) is 6.75. The number of hydrogen-bond donors (Lipinski definition) is 1. The van der Waals surface area contributed by atoms with E-state index in [1.54, 1.807) is 11.0 Å². The Morgan fingerprint density at radius 2 is 2.11 bits per heavy atom. The van der Waals surface area contributed by atoms with Crippen molar-refractivity contribution in [3.63, 3.8) is 0 Å². The third-order valence-electron chi connectivity index (χ3n) is 4.39. The van der Waals surface area contributed by atoms with Crippen LogP contribution in [0, 0.1) is 0 Å². The van der Waals surface area contributed by atoms with Gasteiger partial charge in [-0.3, -0.25) is 4.90 Å². The fraction of sp³-hybridized carbons (Fsp3) is 0.412. The molecule has 0 atom stereocenters. The Balaban J connectivity index is 1.61. The van der Waals surface area contributed by atoms with Crippen LogP contribution in [0.5, 0.6) is 0 Å². The lowest BCUT2D eigenvalue weighted by molar-refractivity contribution is -0.0658. The number of fused-ring (bicyclic) bond motifs is 1. The molecule has 27 heavy (non-hydrogen) atoms. The van der Waals surface area contributed by atoms with Crippen molar-refractivity contribution in [2.24, 2.45) is 0 Å². The van der Waals surface area contributed by atoms with E-state index in [0.717, 1.165) is 4.88 Å². The molecule has 3 aromatic rings. The van der Waals surface area contributed by atoms with Gasteiger partial charge in [-0.1, -0.05) is 0 Å². The molecule has 3 aromatic heterocycles. The molecule has 4 rings (SSSR count). The number of furan rings is 1. The minimum Gasteiger partial charge on any atom is -0.452 e. The number of thiophene rings is 1. The molecule has 10 heteroatoms. The average Bonchev–Trinajstić information content (AvgIpc) is 3.20. The van der Waals surface area contributed by atoms with Crippen LogP contribution >= 0.6 is 11.3 Å². The highest BCUT2D eigenvalue weighted by atomic mass is 32.1. The summed E-state index contributed by atoms with van der Waals surface area (Å²) in [6.07, 6.45) is -2.35. The maximum absolute atomic E-state index is 13.6. The molecule has 2 N–H and O–H groups in total. The normalized spacial score (nSPS) is 17.8. The van der Waals surface area contributed by atoms with Crippen LogP contribution in [-0.2, 0) is 6.54 Å². The third-order valence-corrected chi connectivity index (χ3v) is 5.40. The summed E-state index contributed by atoms with van der Waals surface area (Å²) in [5.41, 5.74) is 5.98. The van der Waals surface area contributed by atoms with E-state index in [1.165, 1.54) is 23.5 Å². The number of rotatable bonds is 4. The number of piperidine rings is 1. The van der Waals surface area contributed by atoms with E-state index in [-0.39, 0.29) is 30.4 Å². The van der Waals surface area contributed by atoms with Crippen LogP contribution < -0.4 is 5.73 Å². The number of aromatic nitrogens is 2. The zero-order chi connectivity index (χ0) is 19.2. The molecule has 1 aliphatic rings. The van der Waals surface area contributed by atoms with Gasteiger partial charge in [-0.25, -0.2) is 27.5 Å². The van der Waals surface area contributed by atoms with Gasteiger partial charge in [0, 0.05) is 17.8 Å². The molecule has 0 amide bonds. The minimum atomic E-state index is -2.73. The first-order chi connectivity index (χ1) is 12.8. The molecule has 0 saturated carbocycles. The summed E-state index contributed by atoms with van der Waals surface area (Å²) in [5.74, 6) is -2.72. The molecule has 1 aliphatic heterocycles. The van der Waals surface area contributed by atoms with E-state index in [1.807, 2.05) is 0 Å². The van der Waals surface area contributed by atoms with Crippen LogP contribution in [0.25, 0.3) is 21.8 Å². The van der Waals surface area contributed by atoms with Gasteiger partial charge in [-0.15, -0.1) is 11.3 Å². The summed E-state index contributed by atoms with van der Waals surface area (Å²) < 4.78 is 57.6. The van der Waals surface area contributed by atoms with Crippen molar-refractivity contribution in [1.82, 2.24) is 14.9 Å². The molecular formula is C17H16F4N4OS. The summed E-state index contributed by atoms with van der Waals surface area (Å²) in [4.78, 5) is 11.6. The van der Waals surface area contributed by atoms with Gasteiger partial charge in [-0.05, 0) is 31.2 Å². The molecule has 1 fully saturated rings. The van der Waals surface area contributed by atoms with Crippen molar-refractivity contribution in [2.75, 3.05) is 18.8 Å². The number of nitrogens with two attached hydrogens (primary N) is 1. The van der Waals surface area contributed by atoms with Gasteiger partial charge in [0.25, 0.3) is 12.3 Å². The summed E-state index contributed by atoms with van der Waals surface area (Å²) in [5, 5.41) is 0.614. The van der Waals surface area contributed by atoms with Gasteiger partial charge in [0.1, 0.15) is 10.6 Å². The quantitative estimate of drug-likeness (QED) is 0.643. The van der Waals surface area contributed by atoms with Gasteiger partial charge in [0.05, 0.1) is 11.9 Å². The van der Waals surface area contributed by atoms with Crippen molar-refractivity contribution in [3.05, 3.63) is 28.8 Å². The SMILES string of the molecule is Nc1nc(-c2ccc(C(F)F)o2)nc2sc(CN3CCCC(F)(F)C3)cc12. The summed E-state index contributed by atoms with van der Waals surface area (Å²) >= 11 is 1.32. The Hall–Kier alpha value is -2.20. The number of anilines is 1. The van der Waals surface area contributed by atoms with Crippen molar-refractivity contribution in [2.45, 2.75) is 31.7 Å². The molecule has 144 valence electrons. The van der Waals surface area contributed by atoms with Gasteiger partial charge >= 0.3 is 0 Å². The largest absolute Gasteiger partial charge is 0.452 e. The van der Waals surface area contributed by atoms with Crippen molar-refractivity contribution in [1.29, 1.82) is 0 Å². The van der Waals surface area contributed by atoms with Gasteiger partial charge in [-0.2, -0.15) is 0 Å². The molecule has 0 radical (unpaired) electrons. The van der Waals surface area contributed by atoms with Gasteiger partial charge in [0.15, 0.2) is 17.3 Å². The first kappa shape index (κ1) is 18.2. The van der Waals surface area contributed by atoms with Crippen LogP contribution in [0.1, 0.15) is 29.9 Å². The number of likely N-dealkylation sites (tertiary alicyclic amines) is 1. The zero-order valence-corrected chi connectivity index (χ0v) is 14.9. The van der Waals surface area contributed by atoms with Crippen LogP contribution in [0.15, 0.2) is 22.6 Å². The Labute approximate surface area is 155 Å². The van der Waals surface area contributed by atoms with Crippen molar-refractivity contribution < 1.29 is 22.0 Å². The predicted octanol–water partition coefficient (Wildman–Crippen LogP) is 4.70. The molecular weight excluding hydrogens is 384 g/mol. The molecule has 5 nitrogen and oxygen atoms in total. The molecule has 0 aliphatic carbocycles. The third kappa shape index (κ3) is 3.77. The Morgan fingerprint density at radius 1 is 1.30 bits per heavy atom. The summed E-state index contributed by atoms with van der Waals surface area (Å²) in [7, 11) is 0.